The smallest absolute Gasteiger partial charge is 0.230 e. The molecule has 106 valence electrons. The topological polar surface area (TPSA) is 55.6 Å². The van der Waals surface area contributed by atoms with E-state index in [0.29, 0.717) is 13.2 Å². The van der Waals surface area contributed by atoms with E-state index in [9.17, 15) is 4.79 Å². The quantitative estimate of drug-likeness (QED) is 0.788. The van der Waals surface area contributed by atoms with Gasteiger partial charge in [-0.2, -0.15) is 0 Å². The predicted molar refractivity (Wildman–Crippen MR) is 73.3 cm³/mol. The van der Waals surface area contributed by atoms with Crippen molar-refractivity contribution in [2.24, 2.45) is 11.1 Å². The van der Waals surface area contributed by atoms with E-state index in [1.165, 1.54) is 6.42 Å². The first kappa shape index (κ1) is 15.4. The lowest BCUT2D eigenvalue weighted by atomic mass is 9.73. The zero-order chi connectivity index (χ0) is 13.6. The van der Waals surface area contributed by atoms with Crippen LogP contribution in [0.25, 0.3) is 0 Å². The van der Waals surface area contributed by atoms with Gasteiger partial charge in [0.25, 0.3) is 0 Å². The van der Waals surface area contributed by atoms with Crippen molar-refractivity contribution in [1.29, 1.82) is 0 Å². The summed E-state index contributed by atoms with van der Waals surface area (Å²) in [7, 11) is 1.67. The van der Waals surface area contributed by atoms with Crippen LogP contribution in [0.4, 0.5) is 0 Å². The molecule has 1 rings (SSSR count). The number of amides is 1. The van der Waals surface area contributed by atoms with Crippen molar-refractivity contribution >= 4 is 5.91 Å². The molecule has 1 amide bonds. The summed E-state index contributed by atoms with van der Waals surface area (Å²) in [5.41, 5.74) is 5.62. The SMILES string of the molecule is CCN(C(=O)C1(CN)CCCCC1)C(C)COC. The molecule has 0 heterocycles. The highest BCUT2D eigenvalue weighted by Gasteiger charge is 2.41. The zero-order valence-corrected chi connectivity index (χ0v) is 12.1. The van der Waals surface area contributed by atoms with E-state index in [4.69, 9.17) is 10.5 Å². The summed E-state index contributed by atoms with van der Waals surface area (Å²) in [6.07, 6.45) is 5.37. The number of rotatable bonds is 6. The molecular weight excluding hydrogens is 228 g/mol. The number of hydrogen-bond donors (Lipinski definition) is 1. The van der Waals surface area contributed by atoms with Gasteiger partial charge in [-0.3, -0.25) is 4.79 Å². The molecule has 1 saturated carbocycles. The number of methoxy groups -OCH3 is 1. The van der Waals surface area contributed by atoms with E-state index in [2.05, 4.69) is 0 Å². The van der Waals surface area contributed by atoms with Crippen molar-refractivity contribution < 1.29 is 9.53 Å². The second-order valence-electron chi connectivity index (χ2n) is 5.44. The van der Waals surface area contributed by atoms with E-state index >= 15 is 0 Å². The van der Waals surface area contributed by atoms with Gasteiger partial charge >= 0.3 is 0 Å². The Morgan fingerprint density at radius 1 is 1.39 bits per heavy atom. The van der Waals surface area contributed by atoms with Crippen molar-refractivity contribution in [3.05, 3.63) is 0 Å². The number of likely N-dealkylation sites (N-methyl/N-ethyl adjacent to an activating group) is 1. The Hall–Kier alpha value is -0.610. The second-order valence-corrected chi connectivity index (χ2v) is 5.44. The van der Waals surface area contributed by atoms with Crippen LogP contribution in [0, 0.1) is 5.41 Å². The summed E-state index contributed by atoms with van der Waals surface area (Å²) in [6.45, 7) is 5.85. The van der Waals surface area contributed by atoms with Crippen molar-refractivity contribution in [3.8, 4) is 0 Å². The molecule has 0 aliphatic heterocycles. The highest BCUT2D eigenvalue weighted by Crippen LogP contribution is 2.37. The molecule has 1 aliphatic carbocycles. The van der Waals surface area contributed by atoms with Gasteiger partial charge < -0.3 is 15.4 Å². The molecule has 0 bridgehead atoms. The van der Waals surface area contributed by atoms with Gasteiger partial charge in [-0.15, -0.1) is 0 Å². The molecule has 2 N–H and O–H groups in total. The third kappa shape index (κ3) is 3.23. The van der Waals surface area contributed by atoms with E-state index in [0.717, 1.165) is 32.2 Å². The Balaban J connectivity index is 2.80. The fraction of sp³-hybridized carbons (Fsp3) is 0.929. The monoisotopic (exact) mass is 256 g/mol. The molecule has 0 saturated heterocycles. The normalized spacial score (nSPS) is 20.4. The van der Waals surface area contributed by atoms with Crippen LogP contribution in [0.2, 0.25) is 0 Å². The van der Waals surface area contributed by atoms with E-state index in [1.807, 2.05) is 18.7 Å². The second kappa shape index (κ2) is 7.10. The minimum atomic E-state index is -0.309. The molecule has 0 radical (unpaired) electrons. The maximum Gasteiger partial charge on any atom is 0.230 e. The van der Waals surface area contributed by atoms with Gasteiger partial charge in [0, 0.05) is 20.2 Å². The number of ether oxygens (including phenoxy) is 1. The summed E-state index contributed by atoms with van der Waals surface area (Å²) in [5.74, 6) is 0.233. The molecule has 1 atom stereocenters. The van der Waals surface area contributed by atoms with Crippen LogP contribution in [0.3, 0.4) is 0 Å². The molecule has 1 fully saturated rings. The fourth-order valence-electron chi connectivity index (χ4n) is 3.03. The minimum Gasteiger partial charge on any atom is -0.383 e. The highest BCUT2D eigenvalue weighted by atomic mass is 16.5. The predicted octanol–water partition coefficient (Wildman–Crippen LogP) is 1.78. The molecule has 0 spiro atoms. The Labute approximate surface area is 111 Å². The lowest BCUT2D eigenvalue weighted by molar-refractivity contribution is -0.146. The van der Waals surface area contributed by atoms with Crippen molar-refractivity contribution in [2.75, 3.05) is 26.8 Å². The number of hydrogen-bond acceptors (Lipinski definition) is 3. The average Bonchev–Trinajstić information content (AvgIpc) is 2.40. The van der Waals surface area contributed by atoms with E-state index in [-0.39, 0.29) is 17.4 Å². The molecule has 0 aromatic heterocycles. The minimum absolute atomic E-state index is 0.123. The van der Waals surface area contributed by atoms with E-state index < -0.39 is 0 Å². The first-order valence-corrected chi connectivity index (χ1v) is 7.11. The van der Waals surface area contributed by atoms with Crippen LogP contribution in [-0.4, -0.2) is 43.7 Å². The molecule has 18 heavy (non-hydrogen) atoms. The molecule has 4 heteroatoms. The maximum atomic E-state index is 12.8. The number of carbonyl (C=O) groups is 1. The molecule has 0 aromatic rings. The summed E-state index contributed by atoms with van der Waals surface area (Å²) >= 11 is 0. The number of nitrogens with zero attached hydrogens (tertiary/aromatic N) is 1. The Bertz CT molecular complexity index is 263. The molecule has 1 unspecified atom stereocenters. The molecule has 1 aliphatic rings. The van der Waals surface area contributed by atoms with E-state index in [1.54, 1.807) is 7.11 Å². The summed E-state index contributed by atoms with van der Waals surface area (Å²) in [6, 6.07) is 0.123. The average molecular weight is 256 g/mol. The molecule has 4 nitrogen and oxygen atoms in total. The van der Waals surface area contributed by atoms with Gasteiger partial charge in [0.2, 0.25) is 5.91 Å². The summed E-state index contributed by atoms with van der Waals surface area (Å²) in [5, 5.41) is 0. The third-order valence-corrected chi connectivity index (χ3v) is 4.20. The van der Waals surface area contributed by atoms with Gasteiger partial charge in [-0.1, -0.05) is 19.3 Å². The summed E-state index contributed by atoms with van der Waals surface area (Å²) < 4.78 is 5.17. The van der Waals surface area contributed by atoms with Gasteiger partial charge in [0.15, 0.2) is 0 Å². The van der Waals surface area contributed by atoms with Gasteiger partial charge in [0.05, 0.1) is 18.1 Å². The van der Waals surface area contributed by atoms with Crippen molar-refractivity contribution in [2.45, 2.75) is 52.0 Å². The summed E-state index contributed by atoms with van der Waals surface area (Å²) in [4.78, 5) is 14.7. The van der Waals surface area contributed by atoms with Gasteiger partial charge in [0.1, 0.15) is 0 Å². The Morgan fingerprint density at radius 2 is 2.00 bits per heavy atom. The standard InChI is InChI=1S/C14H28N2O2/c1-4-16(12(2)10-18-3)13(17)14(11-15)8-6-5-7-9-14/h12H,4-11,15H2,1-3H3. The number of carbonyl (C=O) groups excluding carboxylic acids is 1. The lowest BCUT2D eigenvalue weighted by Crippen LogP contribution is -2.52. The lowest BCUT2D eigenvalue weighted by Gasteiger charge is -2.40. The van der Waals surface area contributed by atoms with Crippen LogP contribution in [-0.2, 0) is 9.53 Å². The molecule has 0 aromatic carbocycles. The highest BCUT2D eigenvalue weighted by molar-refractivity contribution is 5.83. The van der Waals surface area contributed by atoms with Crippen LogP contribution in [0.1, 0.15) is 46.0 Å². The van der Waals surface area contributed by atoms with Crippen molar-refractivity contribution in [1.82, 2.24) is 4.90 Å². The zero-order valence-electron chi connectivity index (χ0n) is 12.1. The largest absolute Gasteiger partial charge is 0.383 e. The Kier molecular flexibility index (Phi) is 6.09. The first-order valence-electron chi connectivity index (χ1n) is 7.11. The van der Waals surface area contributed by atoms with Gasteiger partial charge in [-0.05, 0) is 26.7 Å². The number of nitrogens with two attached hydrogens (primary N) is 1. The Morgan fingerprint density at radius 3 is 2.44 bits per heavy atom. The van der Waals surface area contributed by atoms with Crippen LogP contribution in [0.15, 0.2) is 0 Å². The van der Waals surface area contributed by atoms with Crippen LogP contribution >= 0.6 is 0 Å². The molecular formula is C14H28N2O2. The maximum absolute atomic E-state index is 12.8. The van der Waals surface area contributed by atoms with Crippen molar-refractivity contribution in [3.63, 3.8) is 0 Å². The van der Waals surface area contributed by atoms with Crippen LogP contribution < -0.4 is 5.73 Å². The third-order valence-electron chi connectivity index (χ3n) is 4.20. The first-order chi connectivity index (χ1) is 8.61. The fourth-order valence-corrected chi connectivity index (χ4v) is 3.03. The van der Waals surface area contributed by atoms with Gasteiger partial charge in [-0.25, -0.2) is 0 Å². The van der Waals surface area contributed by atoms with Crippen LogP contribution in [0.5, 0.6) is 0 Å².